The maximum atomic E-state index is 12.5. The van der Waals surface area contributed by atoms with Crippen molar-refractivity contribution in [2.24, 2.45) is 0 Å². The second-order valence-electron chi connectivity index (χ2n) is 9.41. The van der Waals surface area contributed by atoms with E-state index in [1.807, 2.05) is 6.07 Å². The van der Waals surface area contributed by atoms with Gasteiger partial charge in [-0.15, -0.1) is 0 Å². The van der Waals surface area contributed by atoms with Crippen molar-refractivity contribution in [2.75, 3.05) is 18.4 Å². The van der Waals surface area contributed by atoms with E-state index in [2.05, 4.69) is 47.4 Å². The maximum Gasteiger partial charge on any atom is 0.411 e. The van der Waals surface area contributed by atoms with Crippen LogP contribution in [0.25, 0.3) is 10.9 Å². The zero-order valence-electron chi connectivity index (χ0n) is 18.6. The Hall–Kier alpha value is -2.01. The van der Waals surface area contributed by atoms with E-state index in [9.17, 15) is 4.79 Å². The second kappa shape index (κ2) is 9.86. The number of aromatic amines is 1. The molecule has 5 heteroatoms. The first-order valence-electron chi connectivity index (χ1n) is 11.9. The van der Waals surface area contributed by atoms with Gasteiger partial charge in [0.15, 0.2) is 0 Å². The highest BCUT2D eigenvalue weighted by molar-refractivity contribution is 5.92. The molecule has 1 aliphatic heterocycles. The molecule has 1 aromatic carbocycles. The van der Waals surface area contributed by atoms with E-state index in [4.69, 9.17) is 4.74 Å². The van der Waals surface area contributed by atoms with Crippen LogP contribution in [0.5, 0.6) is 0 Å². The van der Waals surface area contributed by atoms with Gasteiger partial charge in [0.05, 0.1) is 0 Å². The minimum Gasteiger partial charge on any atom is -0.446 e. The molecule has 2 heterocycles. The summed E-state index contributed by atoms with van der Waals surface area (Å²) in [5, 5.41) is 4.20. The molecule has 1 aliphatic carbocycles. The van der Waals surface area contributed by atoms with Crippen LogP contribution in [0, 0.1) is 0 Å². The van der Waals surface area contributed by atoms with Crippen molar-refractivity contribution in [3.05, 3.63) is 30.0 Å². The van der Waals surface area contributed by atoms with Gasteiger partial charge in [-0.1, -0.05) is 19.3 Å². The Bertz CT molecular complexity index is 828. The number of carbonyl (C=O) groups is 1. The number of anilines is 1. The van der Waals surface area contributed by atoms with E-state index in [1.54, 1.807) is 0 Å². The van der Waals surface area contributed by atoms with Crippen LogP contribution in [0.15, 0.2) is 24.4 Å². The topological polar surface area (TPSA) is 57.4 Å². The van der Waals surface area contributed by atoms with E-state index < -0.39 is 0 Å². The van der Waals surface area contributed by atoms with Crippen LogP contribution in [0.4, 0.5) is 10.5 Å². The third-order valence-corrected chi connectivity index (χ3v) is 6.99. The summed E-state index contributed by atoms with van der Waals surface area (Å²) in [5.41, 5.74) is 3.33. The van der Waals surface area contributed by atoms with Crippen LogP contribution < -0.4 is 5.32 Å². The number of piperidine rings is 1. The summed E-state index contributed by atoms with van der Waals surface area (Å²) in [6.45, 7) is 6.86. The number of nitrogens with one attached hydrogen (secondary N) is 2. The fourth-order valence-corrected chi connectivity index (χ4v) is 5.12. The summed E-state index contributed by atoms with van der Waals surface area (Å²) in [7, 11) is 0. The molecule has 5 nitrogen and oxygen atoms in total. The van der Waals surface area contributed by atoms with Crippen LogP contribution in [-0.2, 0) is 4.74 Å². The van der Waals surface area contributed by atoms with Gasteiger partial charge < -0.3 is 14.6 Å². The van der Waals surface area contributed by atoms with Crippen LogP contribution in [0.2, 0.25) is 0 Å². The van der Waals surface area contributed by atoms with Crippen molar-refractivity contribution in [2.45, 2.75) is 89.7 Å². The van der Waals surface area contributed by atoms with Gasteiger partial charge in [0.1, 0.15) is 6.10 Å². The minimum absolute atomic E-state index is 0.0583. The molecule has 2 aromatic rings. The highest BCUT2D eigenvalue weighted by atomic mass is 16.6. The molecule has 1 saturated carbocycles. The Morgan fingerprint density at radius 1 is 1.07 bits per heavy atom. The number of fused-ring (bicyclic) bond motifs is 1. The predicted molar refractivity (Wildman–Crippen MR) is 123 cm³/mol. The normalized spacial score (nSPS) is 20.2. The summed E-state index contributed by atoms with van der Waals surface area (Å²) < 4.78 is 5.74. The van der Waals surface area contributed by atoms with Crippen LogP contribution in [-0.4, -0.2) is 41.2 Å². The van der Waals surface area contributed by atoms with E-state index in [-0.39, 0.29) is 12.2 Å². The molecule has 1 aromatic heterocycles. The first-order valence-corrected chi connectivity index (χ1v) is 11.9. The first kappa shape index (κ1) is 21.2. The zero-order chi connectivity index (χ0) is 20.9. The molecule has 0 unspecified atom stereocenters. The lowest BCUT2D eigenvalue weighted by atomic mass is 9.88. The molecule has 2 fully saturated rings. The highest BCUT2D eigenvalue weighted by Gasteiger charge is 2.24. The molecule has 1 saturated heterocycles. The Balaban J connectivity index is 1.40. The molecular formula is C25H37N3O2. The Morgan fingerprint density at radius 2 is 1.77 bits per heavy atom. The number of likely N-dealkylation sites (tertiary alicyclic amines) is 1. The van der Waals surface area contributed by atoms with Crippen molar-refractivity contribution < 1.29 is 9.53 Å². The number of nitrogens with zero attached hydrogens (tertiary/aromatic N) is 1. The molecule has 4 rings (SSSR count). The molecule has 2 aliphatic rings. The average Bonchev–Trinajstić information content (AvgIpc) is 3.13. The third-order valence-electron chi connectivity index (χ3n) is 6.99. The average molecular weight is 412 g/mol. The molecule has 0 radical (unpaired) electrons. The van der Waals surface area contributed by atoms with Crippen molar-refractivity contribution in [1.29, 1.82) is 0 Å². The third kappa shape index (κ3) is 5.18. The predicted octanol–water partition coefficient (Wildman–Crippen LogP) is 6.42. The van der Waals surface area contributed by atoms with Crippen molar-refractivity contribution in [1.82, 2.24) is 9.88 Å². The number of hydrogen-bond donors (Lipinski definition) is 2. The number of benzene rings is 1. The number of amides is 1. The molecule has 1 amide bonds. The number of H-pyrrole nitrogens is 1. The quantitative estimate of drug-likeness (QED) is 0.610. The summed E-state index contributed by atoms with van der Waals surface area (Å²) in [6, 6.07) is 6.75. The highest BCUT2D eigenvalue weighted by Crippen LogP contribution is 2.34. The summed E-state index contributed by atoms with van der Waals surface area (Å²) >= 11 is 0. The SMILES string of the molecule is CC(C)N1CCC(c2c[nH]c3ccc(NC(=O)OC4CCCCCCC4)cc23)CC1. The standard InChI is InChI=1S/C25H37N3O2/c1-18(2)28-14-12-19(13-15-28)23-17-26-24-11-10-20(16-22(23)24)27-25(29)30-21-8-6-4-3-5-7-9-21/h10-11,16-19,21,26H,3-9,12-15H2,1-2H3,(H,27,29). The van der Waals surface area contributed by atoms with Crippen LogP contribution >= 0.6 is 0 Å². The molecule has 0 atom stereocenters. The zero-order valence-corrected chi connectivity index (χ0v) is 18.6. The molecular weight excluding hydrogens is 374 g/mol. The van der Waals surface area contributed by atoms with Crippen molar-refractivity contribution >= 4 is 22.7 Å². The smallest absolute Gasteiger partial charge is 0.411 e. The van der Waals surface area contributed by atoms with Crippen LogP contribution in [0.3, 0.4) is 0 Å². The van der Waals surface area contributed by atoms with E-state index >= 15 is 0 Å². The van der Waals surface area contributed by atoms with Gasteiger partial charge >= 0.3 is 6.09 Å². The van der Waals surface area contributed by atoms with Gasteiger partial charge in [-0.05, 0) is 95.1 Å². The van der Waals surface area contributed by atoms with E-state index in [0.29, 0.717) is 12.0 Å². The summed E-state index contributed by atoms with van der Waals surface area (Å²) in [4.78, 5) is 18.5. The number of hydrogen-bond acceptors (Lipinski definition) is 3. The monoisotopic (exact) mass is 411 g/mol. The summed E-state index contributed by atoms with van der Waals surface area (Å²) in [6.07, 6.45) is 12.4. The lowest BCUT2D eigenvalue weighted by Gasteiger charge is -2.34. The van der Waals surface area contributed by atoms with Gasteiger partial charge in [-0.2, -0.15) is 0 Å². The molecule has 0 bridgehead atoms. The van der Waals surface area contributed by atoms with Gasteiger partial charge in [0, 0.05) is 28.8 Å². The van der Waals surface area contributed by atoms with E-state index in [0.717, 1.165) is 50.0 Å². The largest absolute Gasteiger partial charge is 0.446 e. The minimum atomic E-state index is -0.317. The number of aromatic nitrogens is 1. The Kier molecular flexibility index (Phi) is 6.98. The van der Waals surface area contributed by atoms with Crippen molar-refractivity contribution in [3.63, 3.8) is 0 Å². The second-order valence-corrected chi connectivity index (χ2v) is 9.41. The Labute approximate surface area is 180 Å². The van der Waals surface area contributed by atoms with Gasteiger partial charge in [0.2, 0.25) is 0 Å². The van der Waals surface area contributed by atoms with E-state index in [1.165, 1.54) is 43.1 Å². The molecule has 2 N–H and O–H groups in total. The number of carbonyl (C=O) groups excluding carboxylic acids is 1. The molecule has 30 heavy (non-hydrogen) atoms. The Morgan fingerprint density at radius 3 is 2.47 bits per heavy atom. The molecule has 0 spiro atoms. The van der Waals surface area contributed by atoms with Gasteiger partial charge in [-0.25, -0.2) is 4.79 Å². The molecule has 164 valence electrons. The first-order chi connectivity index (χ1) is 14.6. The lowest BCUT2D eigenvalue weighted by molar-refractivity contribution is 0.0933. The number of rotatable bonds is 4. The summed E-state index contributed by atoms with van der Waals surface area (Å²) in [5.74, 6) is 0.575. The van der Waals surface area contributed by atoms with Gasteiger partial charge in [0.25, 0.3) is 0 Å². The fourth-order valence-electron chi connectivity index (χ4n) is 5.12. The fraction of sp³-hybridized carbons (Fsp3) is 0.640. The lowest BCUT2D eigenvalue weighted by Crippen LogP contribution is -2.37. The van der Waals surface area contributed by atoms with Crippen LogP contribution in [0.1, 0.15) is 83.1 Å². The van der Waals surface area contributed by atoms with Gasteiger partial charge in [-0.3, -0.25) is 5.32 Å². The maximum absolute atomic E-state index is 12.5. The number of ether oxygens (including phenoxy) is 1. The van der Waals surface area contributed by atoms with Crippen molar-refractivity contribution in [3.8, 4) is 0 Å².